The van der Waals surface area contributed by atoms with Crippen molar-refractivity contribution >= 4 is 29.2 Å². The fraction of sp³-hybridized carbons (Fsp3) is 0.0476. The van der Waals surface area contributed by atoms with Crippen LogP contribution in [-0.4, -0.2) is 33.0 Å². The summed E-state index contributed by atoms with van der Waals surface area (Å²) in [7, 11) is 1.82. The predicted octanol–water partition coefficient (Wildman–Crippen LogP) is 3.69. The quantitative estimate of drug-likeness (QED) is 0.297. The Labute approximate surface area is 168 Å². The zero-order chi connectivity index (χ0) is 20.2. The lowest BCUT2D eigenvalue weighted by Gasteiger charge is -2.08. The zero-order valence-corrected chi connectivity index (χ0v) is 15.8. The molecule has 8 heteroatoms. The van der Waals surface area contributed by atoms with Gasteiger partial charge in [-0.25, -0.2) is 9.67 Å². The minimum absolute atomic E-state index is 0.550. The molecule has 0 unspecified atom stereocenters. The topological polar surface area (TPSA) is 118 Å². The predicted molar refractivity (Wildman–Crippen MR) is 116 cm³/mol. The molecule has 8 nitrogen and oxygen atoms in total. The number of nitrogens with two attached hydrogens (primary N) is 1. The SMILES string of the molecule is CNc1cccc(-n2cc(-c3ccccn3)c(Nc3ccc(N)c(C=N)c3)n2)n1. The summed E-state index contributed by atoms with van der Waals surface area (Å²) in [5.41, 5.74) is 9.48. The van der Waals surface area contributed by atoms with Gasteiger partial charge in [-0.2, -0.15) is 0 Å². The van der Waals surface area contributed by atoms with Gasteiger partial charge in [0.05, 0.1) is 11.3 Å². The summed E-state index contributed by atoms with van der Waals surface area (Å²) in [6, 6.07) is 16.8. The van der Waals surface area contributed by atoms with Crippen LogP contribution in [0.15, 0.2) is 67.0 Å². The van der Waals surface area contributed by atoms with Gasteiger partial charge in [0, 0.05) is 42.6 Å². The lowest BCUT2D eigenvalue weighted by molar-refractivity contribution is 0.851. The molecule has 0 aliphatic rings. The second-order valence-corrected chi connectivity index (χ2v) is 6.29. The summed E-state index contributed by atoms with van der Waals surface area (Å²) in [6.45, 7) is 0. The van der Waals surface area contributed by atoms with Crippen LogP contribution in [0.4, 0.5) is 23.0 Å². The van der Waals surface area contributed by atoms with E-state index in [0.717, 1.165) is 22.8 Å². The average Bonchev–Trinajstić information content (AvgIpc) is 3.19. The third kappa shape index (κ3) is 3.77. The van der Waals surface area contributed by atoms with E-state index < -0.39 is 0 Å². The second kappa shape index (κ2) is 7.81. The zero-order valence-electron chi connectivity index (χ0n) is 15.8. The maximum absolute atomic E-state index is 7.52. The third-order valence-electron chi connectivity index (χ3n) is 4.39. The Morgan fingerprint density at radius 1 is 1.10 bits per heavy atom. The monoisotopic (exact) mass is 384 g/mol. The van der Waals surface area contributed by atoms with E-state index in [9.17, 15) is 0 Å². The maximum atomic E-state index is 7.52. The number of rotatable bonds is 6. The molecule has 0 bridgehead atoms. The maximum Gasteiger partial charge on any atom is 0.162 e. The van der Waals surface area contributed by atoms with Crippen molar-refractivity contribution in [3.05, 3.63) is 72.6 Å². The summed E-state index contributed by atoms with van der Waals surface area (Å²) in [6.07, 6.45) is 4.86. The van der Waals surface area contributed by atoms with Crippen LogP contribution in [0.1, 0.15) is 5.56 Å². The van der Waals surface area contributed by atoms with Crippen LogP contribution >= 0.6 is 0 Å². The fourth-order valence-corrected chi connectivity index (χ4v) is 2.90. The summed E-state index contributed by atoms with van der Waals surface area (Å²) < 4.78 is 1.71. The number of nitrogen functional groups attached to an aromatic ring is 1. The van der Waals surface area contributed by atoms with Crippen molar-refractivity contribution in [3.63, 3.8) is 0 Å². The molecule has 4 rings (SSSR count). The van der Waals surface area contributed by atoms with Crippen LogP contribution in [0.3, 0.4) is 0 Å². The molecule has 0 atom stereocenters. The first kappa shape index (κ1) is 18.2. The Morgan fingerprint density at radius 3 is 2.76 bits per heavy atom. The molecule has 144 valence electrons. The van der Waals surface area contributed by atoms with Crippen LogP contribution in [0, 0.1) is 5.41 Å². The van der Waals surface area contributed by atoms with E-state index in [1.807, 2.05) is 61.8 Å². The Kier molecular flexibility index (Phi) is 4.90. The summed E-state index contributed by atoms with van der Waals surface area (Å²) in [4.78, 5) is 9.01. The molecule has 0 spiro atoms. The first-order chi connectivity index (χ1) is 14.2. The van der Waals surface area contributed by atoms with E-state index >= 15 is 0 Å². The molecular weight excluding hydrogens is 364 g/mol. The number of nitrogens with one attached hydrogen (secondary N) is 3. The Bertz CT molecular complexity index is 1150. The van der Waals surface area contributed by atoms with E-state index in [1.165, 1.54) is 6.21 Å². The van der Waals surface area contributed by atoms with Gasteiger partial charge in [-0.05, 0) is 42.5 Å². The van der Waals surface area contributed by atoms with Crippen molar-refractivity contribution in [2.75, 3.05) is 23.4 Å². The number of nitrogens with zero attached hydrogens (tertiary/aromatic N) is 4. The van der Waals surface area contributed by atoms with Crippen molar-refractivity contribution in [2.45, 2.75) is 0 Å². The molecule has 4 aromatic rings. The number of aromatic nitrogens is 4. The third-order valence-corrected chi connectivity index (χ3v) is 4.39. The van der Waals surface area contributed by atoms with Crippen LogP contribution < -0.4 is 16.4 Å². The minimum atomic E-state index is 0.550. The molecule has 0 saturated carbocycles. The highest BCUT2D eigenvalue weighted by atomic mass is 15.3. The van der Waals surface area contributed by atoms with Crippen molar-refractivity contribution in [3.8, 4) is 17.1 Å². The molecule has 0 radical (unpaired) electrons. The lowest BCUT2D eigenvalue weighted by atomic mass is 10.1. The highest BCUT2D eigenvalue weighted by Crippen LogP contribution is 2.30. The van der Waals surface area contributed by atoms with Gasteiger partial charge in [-0.15, -0.1) is 5.10 Å². The minimum Gasteiger partial charge on any atom is -0.398 e. The van der Waals surface area contributed by atoms with E-state index in [2.05, 4.69) is 20.6 Å². The molecule has 0 aliphatic carbocycles. The van der Waals surface area contributed by atoms with Gasteiger partial charge < -0.3 is 21.8 Å². The molecule has 0 aliphatic heterocycles. The van der Waals surface area contributed by atoms with E-state index in [-0.39, 0.29) is 0 Å². The highest BCUT2D eigenvalue weighted by molar-refractivity contribution is 5.87. The van der Waals surface area contributed by atoms with Gasteiger partial charge in [0.15, 0.2) is 11.6 Å². The van der Waals surface area contributed by atoms with Gasteiger partial charge in [0.25, 0.3) is 0 Å². The van der Waals surface area contributed by atoms with Crippen molar-refractivity contribution in [1.29, 1.82) is 5.41 Å². The normalized spacial score (nSPS) is 10.5. The largest absolute Gasteiger partial charge is 0.398 e. The first-order valence-electron chi connectivity index (χ1n) is 9.01. The van der Waals surface area contributed by atoms with E-state index in [0.29, 0.717) is 22.9 Å². The molecule has 1 aromatic carbocycles. The summed E-state index contributed by atoms with van der Waals surface area (Å²) >= 11 is 0. The van der Waals surface area contributed by atoms with Crippen LogP contribution in [0.5, 0.6) is 0 Å². The van der Waals surface area contributed by atoms with Gasteiger partial charge in [0.1, 0.15) is 5.82 Å². The van der Waals surface area contributed by atoms with Crippen LogP contribution in [0.2, 0.25) is 0 Å². The molecule has 29 heavy (non-hydrogen) atoms. The van der Waals surface area contributed by atoms with Crippen molar-refractivity contribution in [2.24, 2.45) is 0 Å². The summed E-state index contributed by atoms with van der Waals surface area (Å²) in [5, 5.41) is 18.6. The fourth-order valence-electron chi connectivity index (χ4n) is 2.90. The van der Waals surface area contributed by atoms with Crippen molar-refractivity contribution in [1.82, 2.24) is 19.7 Å². The van der Waals surface area contributed by atoms with Gasteiger partial charge in [-0.1, -0.05) is 12.1 Å². The van der Waals surface area contributed by atoms with E-state index in [4.69, 9.17) is 16.2 Å². The average molecular weight is 384 g/mol. The smallest absolute Gasteiger partial charge is 0.162 e. The standard InChI is InChI=1S/C21H20N8/c1-24-19-6-4-7-20(27-19)29-13-16(18-5-2-3-10-25-18)21(28-29)26-15-8-9-17(23)14(11-15)12-22/h2-13,22H,23H2,1H3,(H,24,27)(H,26,28). The molecule has 3 aromatic heterocycles. The Morgan fingerprint density at radius 2 is 2.00 bits per heavy atom. The Hall–Kier alpha value is -4.20. The second-order valence-electron chi connectivity index (χ2n) is 6.29. The van der Waals surface area contributed by atoms with Gasteiger partial charge >= 0.3 is 0 Å². The van der Waals surface area contributed by atoms with E-state index in [1.54, 1.807) is 16.9 Å². The molecule has 0 amide bonds. The number of hydrogen-bond acceptors (Lipinski definition) is 7. The molecule has 0 fully saturated rings. The van der Waals surface area contributed by atoms with Crippen molar-refractivity contribution < 1.29 is 0 Å². The van der Waals surface area contributed by atoms with Crippen LogP contribution in [0.25, 0.3) is 17.1 Å². The Balaban J connectivity index is 1.79. The molecule has 3 heterocycles. The molecule has 0 saturated heterocycles. The molecule has 5 N–H and O–H groups in total. The number of anilines is 4. The lowest BCUT2D eigenvalue weighted by Crippen LogP contribution is -2.02. The first-order valence-corrected chi connectivity index (χ1v) is 9.01. The summed E-state index contributed by atoms with van der Waals surface area (Å²) in [5.74, 6) is 2.06. The number of hydrogen-bond donors (Lipinski definition) is 4. The van der Waals surface area contributed by atoms with Crippen LogP contribution in [-0.2, 0) is 0 Å². The molecular formula is C21H20N8. The number of pyridine rings is 2. The van der Waals surface area contributed by atoms with Gasteiger partial charge in [-0.3, -0.25) is 4.98 Å². The van der Waals surface area contributed by atoms with Gasteiger partial charge in [0.2, 0.25) is 0 Å². The number of benzene rings is 1. The highest BCUT2D eigenvalue weighted by Gasteiger charge is 2.14.